The molecule has 0 aromatic heterocycles. The second kappa shape index (κ2) is 3.76. The molecule has 1 aliphatic heterocycles. The van der Waals surface area contributed by atoms with Gasteiger partial charge in [0.05, 0.1) is 18.2 Å². The van der Waals surface area contributed by atoms with E-state index in [1.165, 1.54) is 6.42 Å². The van der Waals surface area contributed by atoms with Gasteiger partial charge in [0.1, 0.15) is 5.75 Å². The zero-order valence-corrected chi connectivity index (χ0v) is 10.1. The van der Waals surface area contributed by atoms with Gasteiger partial charge in [-0.3, -0.25) is 4.79 Å². The van der Waals surface area contributed by atoms with Crippen molar-refractivity contribution in [2.75, 3.05) is 12.4 Å². The van der Waals surface area contributed by atoms with Crippen LogP contribution < -0.4 is 10.1 Å². The van der Waals surface area contributed by atoms with Gasteiger partial charge in [-0.05, 0) is 24.5 Å². The van der Waals surface area contributed by atoms with Crippen molar-refractivity contribution in [2.45, 2.75) is 37.5 Å². The van der Waals surface area contributed by atoms with E-state index < -0.39 is 0 Å². The minimum absolute atomic E-state index is 0.164. The fourth-order valence-corrected chi connectivity index (χ4v) is 3.24. The summed E-state index contributed by atoms with van der Waals surface area (Å²) in [5.74, 6) is 0.940. The van der Waals surface area contributed by atoms with Crippen molar-refractivity contribution in [3.63, 3.8) is 0 Å². The van der Waals surface area contributed by atoms with E-state index in [0.717, 1.165) is 42.7 Å². The van der Waals surface area contributed by atoms with Crippen LogP contribution in [-0.2, 0) is 10.2 Å². The highest BCUT2D eigenvalue weighted by Crippen LogP contribution is 2.50. The largest absolute Gasteiger partial charge is 0.495 e. The second-order valence-electron chi connectivity index (χ2n) is 4.98. The van der Waals surface area contributed by atoms with E-state index in [2.05, 4.69) is 11.4 Å². The van der Waals surface area contributed by atoms with Crippen LogP contribution in [0.1, 0.15) is 37.7 Å². The van der Waals surface area contributed by atoms with Crippen molar-refractivity contribution in [1.29, 1.82) is 0 Å². The topological polar surface area (TPSA) is 38.3 Å². The zero-order valence-electron chi connectivity index (χ0n) is 10.1. The Morgan fingerprint density at radius 1 is 1.24 bits per heavy atom. The molecular formula is C14H17NO2. The Morgan fingerprint density at radius 2 is 2.00 bits per heavy atom. The average Bonchev–Trinajstić information content (AvgIpc) is 2.64. The Bertz CT molecular complexity index is 461. The molecule has 2 aliphatic rings. The van der Waals surface area contributed by atoms with Crippen LogP contribution in [0.2, 0.25) is 0 Å². The fraction of sp³-hybridized carbons (Fsp3) is 0.500. The van der Waals surface area contributed by atoms with E-state index in [9.17, 15) is 4.79 Å². The molecule has 0 atom stereocenters. The first-order valence-corrected chi connectivity index (χ1v) is 6.27. The number of amides is 1. The molecule has 1 heterocycles. The van der Waals surface area contributed by atoms with Crippen molar-refractivity contribution >= 4 is 11.6 Å². The molecule has 3 heteroatoms. The van der Waals surface area contributed by atoms with Gasteiger partial charge in [0.15, 0.2) is 0 Å². The minimum Gasteiger partial charge on any atom is -0.495 e. The van der Waals surface area contributed by atoms with Gasteiger partial charge in [-0.2, -0.15) is 0 Å². The fourth-order valence-electron chi connectivity index (χ4n) is 3.24. The number of fused-ring (bicyclic) bond motifs is 2. The predicted octanol–water partition coefficient (Wildman–Crippen LogP) is 2.85. The summed E-state index contributed by atoms with van der Waals surface area (Å²) in [5.41, 5.74) is 1.76. The maximum atomic E-state index is 12.3. The number of nitrogens with one attached hydrogen (secondary N) is 1. The first-order chi connectivity index (χ1) is 8.28. The first kappa shape index (κ1) is 10.6. The summed E-state index contributed by atoms with van der Waals surface area (Å²) in [6.45, 7) is 0. The van der Waals surface area contributed by atoms with E-state index >= 15 is 0 Å². The lowest BCUT2D eigenvalue weighted by Gasteiger charge is -2.31. The molecule has 0 saturated heterocycles. The van der Waals surface area contributed by atoms with Crippen LogP contribution in [0.25, 0.3) is 0 Å². The van der Waals surface area contributed by atoms with Gasteiger partial charge < -0.3 is 10.1 Å². The summed E-state index contributed by atoms with van der Waals surface area (Å²) < 4.78 is 5.32. The molecule has 3 rings (SSSR count). The van der Waals surface area contributed by atoms with Gasteiger partial charge in [-0.15, -0.1) is 0 Å². The Hall–Kier alpha value is -1.51. The maximum absolute atomic E-state index is 12.3. The monoisotopic (exact) mass is 231 g/mol. The molecule has 0 unspecified atom stereocenters. The summed E-state index contributed by atoms with van der Waals surface area (Å²) in [4.78, 5) is 12.3. The molecule has 1 N–H and O–H groups in total. The number of hydrogen-bond donors (Lipinski definition) is 1. The SMILES string of the molecule is COc1cccc2c1NC(=O)C21CCCCC1. The molecule has 1 spiro atoms. The molecule has 1 aromatic rings. The second-order valence-corrected chi connectivity index (χ2v) is 4.98. The van der Waals surface area contributed by atoms with E-state index in [1.807, 2.05) is 12.1 Å². The van der Waals surface area contributed by atoms with E-state index in [-0.39, 0.29) is 11.3 Å². The summed E-state index contributed by atoms with van der Waals surface area (Å²) in [5, 5.41) is 3.01. The van der Waals surface area contributed by atoms with Crippen LogP contribution in [0.3, 0.4) is 0 Å². The summed E-state index contributed by atoms with van der Waals surface area (Å²) in [6.07, 6.45) is 5.47. The van der Waals surface area contributed by atoms with Crippen molar-refractivity contribution in [2.24, 2.45) is 0 Å². The number of ether oxygens (including phenoxy) is 1. The zero-order chi connectivity index (χ0) is 11.9. The summed E-state index contributed by atoms with van der Waals surface area (Å²) >= 11 is 0. The standard InChI is InChI=1S/C14H17NO2/c1-17-11-7-5-6-10-12(11)15-13(16)14(10)8-3-2-4-9-14/h5-7H,2-4,8-9H2,1H3,(H,15,16). The van der Waals surface area contributed by atoms with E-state index in [1.54, 1.807) is 7.11 Å². The van der Waals surface area contributed by atoms with Gasteiger partial charge in [-0.1, -0.05) is 31.4 Å². The molecule has 1 amide bonds. The summed E-state index contributed by atoms with van der Waals surface area (Å²) in [7, 11) is 1.65. The highest BCUT2D eigenvalue weighted by atomic mass is 16.5. The quantitative estimate of drug-likeness (QED) is 0.807. The van der Waals surface area contributed by atoms with Crippen molar-refractivity contribution in [1.82, 2.24) is 0 Å². The first-order valence-electron chi connectivity index (χ1n) is 6.27. The molecular weight excluding hydrogens is 214 g/mol. The predicted molar refractivity (Wildman–Crippen MR) is 66.4 cm³/mol. The number of para-hydroxylation sites is 1. The molecule has 1 aliphatic carbocycles. The number of methoxy groups -OCH3 is 1. The van der Waals surface area contributed by atoms with Gasteiger partial charge in [-0.25, -0.2) is 0 Å². The lowest BCUT2D eigenvalue weighted by molar-refractivity contribution is -0.121. The van der Waals surface area contributed by atoms with Crippen LogP contribution in [0, 0.1) is 0 Å². The lowest BCUT2D eigenvalue weighted by Crippen LogP contribution is -2.36. The molecule has 1 aromatic carbocycles. The van der Waals surface area contributed by atoms with Crippen molar-refractivity contribution in [3.05, 3.63) is 23.8 Å². The summed E-state index contributed by atoms with van der Waals surface area (Å²) in [6, 6.07) is 5.95. The molecule has 0 bridgehead atoms. The van der Waals surface area contributed by atoms with Crippen molar-refractivity contribution < 1.29 is 9.53 Å². The number of anilines is 1. The third-order valence-electron chi connectivity index (χ3n) is 4.14. The number of benzene rings is 1. The Kier molecular flexibility index (Phi) is 2.35. The molecule has 90 valence electrons. The lowest BCUT2D eigenvalue weighted by atomic mass is 9.70. The molecule has 3 nitrogen and oxygen atoms in total. The van der Waals surface area contributed by atoms with Crippen LogP contribution in [-0.4, -0.2) is 13.0 Å². The highest BCUT2D eigenvalue weighted by molar-refractivity contribution is 6.07. The van der Waals surface area contributed by atoms with Crippen LogP contribution >= 0.6 is 0 Å². The minimum atomic E-state index is -0.276. The van der Waals surface area contributed by atoms with Gasteiger partial charge >= 0.3 is 0 Å². The Morgan fingerprint density at radius 3 is 2.71 bits per heavy atom. The highest BCUT2D eigenvalue weighted by Gasteiger charge is 2.47. The normalized spacial score (nSPS) is 21.1. The number of carbonyl (C=O) groups is 1. The Balaban J connectivity index is 2.13. The van der Waals surface area contributed by atoms with Gasteiger partial charge in [0, 0.05) is 0 Å². The van der Waals surface area contributed by atoms with Crippen molar-refractivity contribution in [3.8, 4) is 5.75 Å². The van der Waals surface area contributed by atoms with Gasteiger partial charge in [0.25, 0.3) is 0 Å². The number of carbonyl (C=O) groups excluding carboxylic acids is 1. The third kappa shape index (κ3) is 1.38. The molecule has 0 radical (unpaired) electrons. The third-order valence-corrected chi connectivity index (χ3v) is 4.14. The Labute approximate surface area is 101 Å². The van der Waals surface area contributed by atoms with Crippen LogP contribution in [0.4, 0.5) is 5.69 Å². The number of hydrogen-bond acceptors (Lipinski definition) is 2. The molecule has 17 heavy (non-hydrogen) atoms. The number of rotatable bonds is 1. The van der Waals surface area contributed by atoms with Crippen LogP contribution in [0.15, 0.2) is 18.2 Å². The van der Waals surface area contributed by atoms with E-state index in [0.29, 0.717) is 0 Å². The van der Waals surface area contributed by atoms with Crippen LogP contribution in [0.5, 0.6) is 5.75 Å². The maximum Gasteiger partial charge on any atom is 0.235 e. The molecule has 1 fully saturated rings. The smallest absolute Gasteiger partial charge is 0.235 e. The molecule has 1 saturated carbocycles. The van der Waals surface area contributed by atoms with E-state index in [4.69, 9.17) is 4.74 Å². The average molecular weight is 231 g/mol. The van der Waals surface area contributed by atoms with Gasteiger partial charge in [0.2, 0.25) is 5.91 Å².